The zero-order valence-corrected chi connectivity index (χ0v) is 9.44. The summed E-state index contributed by atoms with van der Waals surface area (Å²) in [5.74, 6) is -0.0206. The van der Waals surface area contributed by atoms with E-state index in [0.29, 0.717) is 0 Å². The summed E-state index contributed by atoms with van der Waals surface area (Å²) in [6.45, 7) is 6.13. The van der Waals surface area contributed by atoms with Crippen LogP contribution in [0.3, 0.4) is 0 Å². The number of amides is 1. The summed E-state index contributed by atoms with van der Waals surface area (Å²) in [7, 11) is 0. The lowest BCUT2D eigenvalue weighted by Gasteiger charge is -2.20. The van der Waals surface area contributed by atoms with Crippen LogP contribution >= 0.6 is 11.3 Å². The smallest absolute Gasteiger partial charge is 0.239 e. The average molecular weight is 213 g/mol. The predicted octanol–water partition coefficient (Wildman–Crippen LogP) is 1.47. The minimum Gasteiger partial charge on any atom is -0.352 e. The maximum atomic E-state index is 11.4. The molecule has 1 amide bonds. The number of hydrogen-bond donors (Lipinski definition) is 2. The average Bonchev–Trinajstić information content (AvgIpc) is 2.49. The quantitative estimate of drug-likeness (QED) is 0.799. The number of carbonyl (C=O) groups is 1. The summed E-state index contributed by atoms with van der Waals surface area (Å²) < 4.78 is 0. The van der Waals surface area contributed by atoms with Crippen LogP contribution in [0.25, 0.3) is 0 Å². The van der Waals surface area contributed by atoms with Crippen LogP contribution in [0.2, 0.25) is 0 Å². The first-order valence-electron chi connectivity index (χ1n) is 4.42. The van der Waals surface area contributed by atoms with Crippen LogP contribution in [0.15, 0.2) is 11.6 Å². The Bertz CT molecular complexity index is 290. The van der Waals surface area contributed by atoms with Crippen LogP contribution in [0, 0.1) is 0 Å². The predicted molar refractivity (Wildman–Crippen MR) is 58.5 cm³/mol. The van der Waals surface area contributed by atoms with E-state index >= 15 is 0 Å². The second-order valence-corrected chi connectivity index (χ2v) is 4.88. The highest BCUT2D eigenvalue weighted by Gasteiger charge is 2.13. The zero-order chi connectivity index (χ0) is 10.6. The Morgan fingerprint density at radius 1 is 1.57 bits per heavy atom. The van der Waals surface area contributed by atoms with Gasteiger partial charge in [-0.2, -0.15) is 0 Å². The summed E-state index contributed by atoms with van der Waals surface area (Å²) in [5.41, 5.74) is -0.179. The number of thiazole rings is 1. The lowest BCUT2D eigenvalue weighted by molar-refractivity contribution is -0.120. The molecule has 0 atom stereocenters. The number of anilines is 1. The minimum atomic E-state index is -0.179. The van der Waals surface area contributed by atoms with E-state index in [1.165, 1.54) is 11.3 Å². The molecule has 1 aromatic heterocycles. The van der Waals surface area contributed by atoms with Crippen LogP contribution in [0.4, 0.5) is 5.13 Å². The third-order valence-corrected chi connectivity index (χ3v) is 2.08. The van der Waals surface area contributed by atoms with Gasteiger partial charge in [-0.3, -0.25) is 4.79 Å². The maximum Gasteiger partial charge on any atom is 0.239 e. The molecule has 0 aromatic carbocycles. The molecular formula is C9H15N3OS. The number of nitrogens with zero attached hydrogens (tertiary/aromatic N) is 1. The summed E-state index contributed by atoms with van der Waals surface area (Å²) in [5, 5.41) is 8.44. The molecule has 0 saturated heterocycles. The van der Waals surface area contributed by atoms with E-state index in [2.05, 4.69) is 15.6 Å². The Morgan fingerprint density at radius 2 is 2.29 bits per heavy atom. The van der Waals surface area contributed by atoms with E-state index in [1.54, 1.807) is 6.20 Å². The summed E-state index contributed by atoms with van der Waals surface area (Å²) in [6, 6.07) is 0. The molecule has 4 nitrogen and oxygen atoms in total. The van der Waals surface area contributed by atoms with E-state index in [9.17, 15) is 4.79 Å². The molecule has 0 radical (unpaired) electrons. The fraction of sp³-hybridized carbons (Fsp3) is 0.556. The molecule has 0 bridgehead atoms. The molecule has 1 heterocycles. The second kappa shape index (κ2) is 4.41. The molecular weight excluding hydrogens is 198 g/mol. The van der Waals surface area contributed by atoms with Crippen molar-refractivity contribution < 1.29 is 4.79 Å². The van der Waals surface area contributed by atoms with Gasteiger partial charge in [-0.1, -0.05) is 0 Å². The van der Waals surface area contributed by atoms with Gasteiger partial charge in [0, 0.05) is 17.1 Å². The van der Waals surface area contributed by atoms with Gasteiger partial charge in [0.25, 0.3) is 0 Å². The number of hydrogen-bond acceptors (Lipinski definition) is 4. The van der Waals surface area contributed by atoms with Crippen LogP contribution in [-0.2, 0) is 4.79 Å². The fourth-order valence-electron chi connectivity index (χ4n) is 0.929. The van der Waals surface area contributed by atoms with Gasteiger partial charge in [0.1, 0.15) is 0 Å². The number of carbonyl (C=O) groups excluding carboxylic acids is 1. The maximum absolute atomic E-state index is 11.4. The standard InChI is InChI=1S/C9H15N3OS/c1-9(2,3)12-7(13)6-11-8-10-4-5-14-8/h4-5H,6H2,1-3H3,(H,10,11)(H,12,13). The first-order valence-corrected chi connectivity index (χ1v) is 5.30. The Morgan fingerprint density at radius 3 is 2.79 bits per heavy atom. The van der Waals surface area contributed by atoms with Gasteiger partial charge < -0.3 is 10.6 Å². The Kier molecular flexibility index (Phi) is 3.46. The van der Waals surface area contributed by atoms with Gasteiger partial charge in [-0.15, -0.1) is 11.3 Å². The number of aromatic nitrogens is 1. The lowest BCUT2D eigenvalue weighted by atomic mass is 10.1. The van der Waals surface area contributed by atoms with E-state index < -0.39 is 0 Å². The third kappa shape index (κ3) is 4.23. The monoisotopic (exact) mass is 213 g/mol. The second-order valence-electron chi connectivity index (χ2n) is 3.99. The van der Waals surface area contributed by atoms with Gasteiger partial charge in [0.05, 0.1) is 6.54 Å². The molecule has 0 spiro atoms. The molecule has 0 aliphatic rings. The zero-order valence-electron chi connectivity index (χ0n) is 8.63. The van der Waals surface area contributed by atoms with Gasteiger partial charge in [0.15, 0.2) is 5.13 Å². The van der Waals surface area contributed by atoms with Crippen molar-refractivity contribution in [2.45, 2.75) is 26.3 Å². The molecule has 1 aromatic rings. The third-order valence-electron chi connectivity index (χ3n) is 1.35. The van der Waals surface area contributed by atoms with Crippen molar-refractivity contribution in [1.82, 2.24) is 10.3 Å². The first-order chi connectivity index (χ1) is 6.47. The normalized spacial score (nSPS) is 11.1. The molecule has 0 aliphatic heterocycles. The highest BCUT2D eigenvalue weighted by atomic mass is 32.1. The Hall–Kier alpha value is -1.10. The van der Waals surface area contributed by atoms with E-state index in [4.69, 9.17) is 0 Å². The van der Waals surface area contributed by atoms with Crippen molar-refractivity contribution in [3.05, 3.63) is 11.6 Å². The van der Waals surface area contributed by atoms with E-state index in [0.717, 1.165) is 5.13 Å². The van der Waals surface area contributed by atoms with Crippen LogP contribution in [0.5, 0.6) is 0 Å². The van der Waals surface area contributed by atoms with Crippen molar-refractivity contribution in [3.63, 3.8) is 0 Å². The van der Waals surface area contributed by atoms with E-state index in [1.807, 2.05) is 26.2 Å². The van der Waals surface area contributed by atoms with Crippen LogP contribution in [0.1, 0.15) is 20.8 Å². The van der Waals surface area contributed by atoms with Crippen molar-refractivity contribution >= 4 is 22.4 Å². The Labute approximate surface area is 87.7 Å². The Balaban J connectivity index is 2.29. The highest BCUT2D eigenvalue weighted by Crippen LogP contribution is 2.09. The molecule has 0 fully saturated rings. The molecule has 78 valence electrons. The van der Waals surface area contributed by atoms with Crippen LogP contribution < -0.4 is 10.6 Å². The summed E-state index contributed by atoms with van der Waals surface area (Å²) in [6.07, 6.45) is 1.70. The molecule has 1 rings (SSSR count). The van der Waals surface area contributed by atoms with Gasteiger partial charge in [-0.05, 0) is 20.8 Å². The van der Waals surface area contributed by atoms with Crippen molar-refractivity contribution in [2.24, 2.45) is 0 Å². The number of rotatable bonds is 3. The topological polar surface area (TPSA) is 54.0 Å². The summed E-state index contributed by atoms with van der Waals surface area (Å²) in [4.78, 5) is 15.4. The lowest BCUT2D eigenvalue weighted by Crippen LogP contribution is -2.43. The van der Waals surface area contributed by atoms with Gasteiger partial charge in [-0.25, -0.2) is 4.98 Å². The largest absolute Gasteiger partial charge is 0.352 e. The SMILES string of the molecule is CC(C)(C)NC(=O)CNc1nccs1. The molecule has 0 saturated carbocycles. The van der Waals surface area contributed by atoms with Gasteiger partial charge >= 0.3 is 0 Å². The van der Waals surface area contributed by atoms with Crippen molar-refractivity contribution in [2.75, 3.05) is 11.9 Å². The van der Waals surface area contributed by atoms with Crippen molar-refractivity contribution in [1.29, 1.82) is 0 Å². The fourth-order valence-corrected chi connectivity index (χ4v) is 1.46. The molecule has 0 unspecified atom stereocenters. The molecule has 14 heavy (non-hydrogen) atoms. The molecule has 5 heteroatoms. The number of nitrogens with one attached hydrogen (secondary N) is 2. The highest BCUT2D eigenvalue weighted by molar-refractivity contribution is 7.13. The van der Waals surface area contributed by atoms with Crippen LogP contribution in [-0.4, -0.2) is 23.0 Å². The van der Waals surface area contributed by atoms with Crippen molar-refractivity contribution in [3.8, 4) is 0 Å². The molecule has 0 aliphatic carbocycles. The summed E-state index contributed by atoms with van der Waals surface area (Å²) >= 11 is 1.48. The molecule has 2 N–H and O–H groups in total. The van der Waals surface area contributed by atoms with Gasteiger partial charge in [0.2, 0.25) is 5.91 Å². The van der Waals surface area contributed by atoms with E-state index in [-0.39, 0.29) is 18.0 Å². The first kappa shape index (κ1) is 11.0. The minimum absolute atomic E-state index is 0.0206.